The molecule has 9 heteroatoms. The Kier molecular flexibility index (Phi) is 13.1. The average Bonchev–Trinajstić information content (AvgIpc) is 2.81. The zero-order valence-electron chi connectivity index (χ0n) is 19.5. The Bertz CT molecular complexity index is 974. The molecule has 1 aromatic rings. The molecule has 0 aliphatic heterocycles. The monoisotopic (exact) mass is 494 g/mol. The van der Waals surface area contributed by atoms with E-state index in [1.165, 1.54) is 11.8 Å². The summed E-state index contributed by atoms with van der Waals surface area (Å²) in [7, 11) is 0. The van der Waals surface area contributed by atoms with Gasteiger partial charge in [0, 0.05) is 5.57 Å². The molecule has 0 saturated heterocycles. The summed E-state index contributed by atoms with van der Waals surface area (Å²) in [5.74, 6) is -4.38. The van der Waals surface area contributed by atoms with Crippen LogP contribution in [0.3, 0.4) is 0 Å². The van der Waals surface area contributed by atoms with Gasteiger partial charge in [-0.3, -0.25) is 4.79 Å². The van der Waals surface area contributed by atoms with E-state index in [-0.39, 0.29) is 16.7 Å². The molecule has 1 atom stereocenters. The largest absolute Gasteiger partial charge is 0.478 e. The first kappa shape index (κ1) is 29.3. The molecule has 0 amide bonds. The lowest BCUT2D eigenvalue weighted by Crippen LogP contribution is -2.33. The molecule has 186 valence electrons. The first-order valence-electron chi connectivity index (χ1n) is 10.8. The van der Waals surface area contributed by atoms with Crippen LogP contribution in [0, 0.1) is 11.6 Å². The second-order valence-electron chi connectivity index (χ2n) is 7.39. The minimum atomic E-state index is -1.39. The van der Waals surface area contributed by atoms with Crippen LogP contribution in [0.15, 0.2) is 59.1 Å². The predicted molar refractivity (Wildman–Crippen MR) is 133 cm³/mol. The number of hydrogen-bond acceptors (Lipinski definition) is 6. The molecule has 0 saturated carbocycles. The molecule has 1 rings (SSSR count). The molecule has 1 aromatic carbocycles. The number of ether oxygens (including phenoxy) is 1. The van der Waals surface area contributed by atoms with Gasteiger partial charge in [0.25, 0.3) is 0 Å². The number of thioether (sulfide) groups is 1. The van der Waals surface area contributed by atoms with Crippen molar-refractivity contribution in [3.05, 3.63) is 76.3 Å². The smallest absolute Gasteiger partial charge is 0.336 e. The number of halogens is 2. The molecule has 34 heavy (non-hydrogen) atoms. The Morgan fingerprint density at radius 2 is 1.91 bits per heavy atom. The minimum Gasteiger partial charge on any atom is -0.478 e. The molecular formula is C25H32F2N2O4S. The van der Waals surface area contributed by atoms with E-state index in [1.54, 1.807) is 25.2 Å². The fourth-order valence-corrected chi connectivity index (χ4v) is 3.26. The van der Waals surface area contributed by atoms with Gasteiger partial charge in [-0.25, -0.2) is 13.6 Å². The van der Waals surface area contributed by atoms with Crippen LogP contribution >= 0.6 is 11.8 Å². The maximum Gasteiger partial charge on any atom is 0.336 e. The van der Waals surface area contributed by atoms with Gasteiger partial charge in [0.15, 0.2) is 11.6 Å². The lowest BCUT2D eigenvalue weighted by molar-refractivity contribution is -0.144. The number of aliphatic carboxylic acids is 1. The van der Waals surface area contributed by atoms with Crippen LogP contribution in [0.25, 0.3) is 5.57 Å². The highest BCUT2D eigenvalue weighted by atomic mass is 32.2. The highest BCUT2D eigenvalue weighted by Crippen LogP contribution is 2.28. The van der Waals surface area contributed by atoms with Crippen molar-refractivity contribution in [1.82, 2.24) is 0 Å². The van der Waals surface area contributed by atoms with Crippen LogP contribution in [-0.4, -0.2) is 42.5 Å². The molecule has 1 unspecified atom stereocenters. The molecule has 0 aliphatic carbocycles. The van der Waals surface area contributed by atoms with Gasteiger partial charge in [-0.2, -0.15) is 0 Å². The Labute approximate surface area is 203 Å². The summed E-state index contributed by atoms with van der Waals surface area (Å²) >= 11 is 1.39. The lowest BCUT2D eigenvalue weighted by atomic mass is 9.94. The van der Waals surface area contributed by atoms with Crippen molar-refractivity contribution in [3.63, 3.8) is 0 Å². The number of nitrogens with two attached hydrogens (primary N) is 2. The molecule has 6 nitrogen and oxygen atoms in total. The second kappa shape index (κ2) is 15.2. The number of carbonyl (C=O) groups excluding carboxylic acids is 1. The van der Waals surface area contributed by atoms with Crippen molar-refractivity contribution >= 4 is 29.3 Å². The molecule has 0 aromatic heterocycles. The van der Waals surface area contributed by atoms with Crippen LogP contribution in [0.1, 0.15) is 38.2 Å². The average molecular weight is 495 g/mol. The summed E-state index contributed by atoms with van der Waals surface area (Å²) in [6.07, 6.45) is 9.51. The van der Waals surface area contributed by atoms with E-state index in [9.17, 15) is 23.5 Å². The Morgan fingerprint density at radius 3 is 2.47 bits per heavy atom. The van der Waals surface area contributed by atoms with E-state index in [0.717, 1.165) is 31.0 Å². The van der Waals surface area contributed by atoms with E-state index in [0.29, 0.717) is 29.9 Å². The quantitative estimate of drug-likeness (QED) is 0.150. The van der Waals surface area contributed by atoms with E-state index in [2.05, 4.69) is 6.58 Å². The number of carboxylic acid groups (broad SMARTS) is 1. The number of unbranched alkanes of at least 4 members (excludes halogenated alkanes) is 2. The first-order valence-corrected chi connectivity index (χ1v) is 12.0. The molecule has 0 radical (unpaired) electrons. The zero-order chi connectivity index (χ0) is 25.7. The van der Waals surface area contributed by atoms with Crippen LogP contribution in [0.2, 0.25) is 0 Å². The van der Waals surface area contributed by atoms with Crippen molar-refractivity contribution in [2.24, 2.45) is 11.5 Å². The molecule has 0 spiro atoms. The molecule has 0 aliphatic rings. The molecule has 0 heterocycles. The van der Waals surface area contributed by atoms with Crippen molar-refractivity contribution < 1.29 is 28.2 Å². The standard InChI is InChI=1S/C25H32F2N2O4S/c1-4-17(10-9-16(2)34-3)19(15-33-25(32)22(29)8-6-5-7-13-28)23(24(30)31)18-11-12-20(26)21(27)14-18/h4,9-12,14,22H,2,5-8,13,15,28-29H2,1,3H3,(H,30,31)/b10-9-,17-4+,23-19+. The fourth-order valence-electron chi connectivity index (χ4n) is 3.05. The maximum absolute atomic E-state index is 13.9. The van der Waals surface area contributed by atoms with Crippen LogP contribution in [0.5, 0.6) is 0 Å². The predicted octanol–water partition coefficient (Wildman–Crippen LogP) is 4.57. The number of carboxylic acids is 1. The SMILES string of the molecule is C=C(\C=C/C(=C\C)C(/COC(=O)C(N)CCCCCN)=C(/C(=O)O)c1ccc(F)c(F)c1)SC. The number of allylic oxidation sites excluding steroid dienone is 3. The van der Waals surface area contributed by atoms with Crippen molar-refractivity contribution in [2.45, 2.75) is 38.6 Å². The summed E-state index contributed by atoms with van der Waals surface area (Å²) in [6.45, 7) is 5.66. The van der Waals surface area contributed by atoms with Gasteiger partial charge in [0.2, 0.25) is 0 Å². The highest BCUT2D eigenvalue weighted by Gasteiger charge is 2.23. The summed E-state index contributed by atoms with van der Waals surface area (Å²) in [6, 6.07) is 1.91. The first-order chi connectivity index (χ1) is 16.2. The Balaban J connectivity index is 3.37. The van der Waals surface area contributed by atoms with Gasteiger partial charge in [0.05, 0.1) is 5.57 Å². The third-order valence-corrected chi connectivity index (χ3v) is 5.64. The number of esters is 1. The topological polar surface area (TPSA) is 116 Å². The van der Waals surface area contributed by atoms with Crippen molar-refractivity contribution in [1.29, 1.82) is 0 Å². The Morgan fingerprint density at radius 1 is 1.21 bits per heavy atom. The van der Waals surface area contributed by atoms with Crippen LogP contribution < -0.4 is 11.5 Å². The second-order valence-corrected chi connectivity index (χ2v) is 8.32. The van der Waals surface area contributed by atoms with Crippen LogP contribution in [0.4, 0.5) is 8.78 Å². The maximum atomic E-state index is 13.9. The van der Waals surface area contributed by atoms with Gasteiger partial charge in [-0.05, 0) is 66.8 Å². The number of carbonyl (C=O) groups is 2. The Hall–Kier alpha value is -2.75. The molecule has 0 bridgehead atoms. The van der Waals surface area contributed by atoms with Gasteiger partial charge in [-0.1, -0.05) is 37.6 Å². The summed E-state index contributed by atoms with van der Waals surface area (Å²) < 4.78 is 32.7. The van der Waals surface area contributed by atoms with Crippen molar-refractivity contribution in [2.75, 3.05) is 19.4 Å². The number of hydrogen-bond donors (Lipinski definition) is 3. The van der Waals surface area contributed by atoms with E-state index >= 15 is 0 Å². The number of benzene rings is 1. The van der Waals surface area contributed by atoms with Crippen LogP contribution in [-0.2, 0) is 14.3 Å². The van der Waals surface area contributed by atoms with E-state index < -0.39 is 36.2 Å². The van der Waals surface area contributed by atoms with Gasteiger partial charge in [0.1, 0.15) is 12.6 Å². The summed E-state index contributed by atoms with van der Waals surface area (Å²) in [4.78, 5) is 25.4. The van der Waals surface area contributed by atoms with Gasteiger partial charge >= 0.3 is 11.9 Å². The normalized spacial score (nSPS) is 13.5. The zero-order valence-corrected chi connectivity index (χ0v) is 20.3. The summed E-state index contributed by atoms with van der Waals surface area (Å²) in [5, 5.41) is 9.94. The third kappa shape index (κ3) is 9.24. The summed E-state index contributed by atoms with van der Waals surface area (Å²) in [5.41, 5.74) is 11.5. The molecule has 0 fully saturated rings. The van der Waals surface area contributed by atoms with Gasteiger partial charge < -0.3 is 21.3 Å². The van der Waals surface area contributed by atoms with E-state index in [4.69, 9.17) is 16.2 Å². The van der Waals surface area contributed by atoms with E-state index in [1.807, 2.05) is 6.26 Å². The molecule has 5 N–H and O–H groups in total. The number of rotatable bonds is 14. The minimum absolute atomic E-state index is 0.0695. The van der Waals surface area contributed by atoms with Gasteiger partial charge in [-0.15, -0.1) is 11.8 Å². The fraction of sp³-hybridized carbons (Fsp3) is 0.360. The third-order valence-electron chi connectivity index (χ3n) is 4.98. The van der Waals surface area contributed by atoms with Crippen molar-refractivity contribution in [3.8, 4) is 0 Å². The highest BCUT2D eigenvalue weighted by molar-refractivity contribution is 8.02. The lowest BCUT2D eigenvalue weighted by Gasteiger charge is -2.17. The molecular weight excluding hydrogens is 462 g/mol.